The van der Waals surface area contributed by atoms with Gasteiger partial charge in [0.05, 0.1) is 0 Å². The first-order valence-electron chi connectivity index (χ1n) is 11.0. The fraction of sp³-hybridized carbons (Fsp3) is 0.481. The van der Waals surface area contributed by atoms with E-state index in [0.29, 0.717) is 6.61 Å². The zero-order chi connectivity index (χ0) is 21.1. The molecular weight excluding hydrogens is 354 g/mol. The number of allylic oxidation sites excluding steroid dienone is 1. The normalized spacial score (nSPS) is 17.7. The van der Waals surface area contributed by atoms with E-state index < -0.39 is 0 Å². The van der Waals surface area contributed by atoms with Crippen molar-refractivity contribution in [2.75, 3.05) is 19.7 Å². The maximum atomic E-state index is 5.77. The molecule has 29 heavy (non-hydrogen) atoms. The van der Waals surface area contributed by atoms with Crippen molar-refractivity contribution in [3.63, 3.8) is 0 Å². The Morgan fingerprint density at radius 3 is 2.28 bits per heavy atom. The molecule has 0 radical (unpaired) electrons. The Morgan fingerprint density at radius 1 is 0.966 bits per heavy atom. The van der Waals surface area contributed by atoms with Crippen molar-refractivity contribution < 1.29 is 4.74 Å². The van der Waals surface area contributed by atoms with Crippen LogP contribution in [0.2, 0.25) is 0 Å². The summed E-state index contributed by atoms with van der Waals surface area (Å²) in [5, 5.41) is 3.27. The van der Waals surface area contributed by atoms with Crippen molar-refractivity contribution in [3.8, 4) is 5.75 Å². The lowest BCUT2D eigenvalue weighted by Gasteiger charge is -2.42. The summed E-state index contributed by atoms with van der Waals surface area (Å²) >= 11 is 0. The maximum absolute atomic E-state index is 5.77. The van der Waals surface area contributed by atoms with Gasteiger partial charge in [-0.3, -0.25) is 0 Å². The van der Waals surface area contributed by atoms with Gasteiger partial charge in [0.2, 0.25) is 0 Å². The molecule has 2 aromatic carbocycles. The number of benzene rings is 2. The fourth-order valence-corrected chi connectivity index (χ4v) is 4.25. The van der Waals surface area contributed by atoms with Gasteiger partial charge in [0.15, 0.2) is 0 Å². The Morgan fingerprint density at radius 2 is 1.62 bits per heavy atom. The summed E-state index contributed by atoms with van der Waals surface area (Å²) in [5.41, 5.74) is 7.37. The van der Waals surface area contributed by atoms with E-state index >= 15 is 0 Å². The van der Waals surface area contributed by atoms with Crippen molar-refractivity contribution in [1.29, 1.82) is 0 Å². The van der Waals surface area contributed by atoms with E-state index in [1.54, 1.807) is 0 Å². The lowest BCUT2D eigenvalue weighted by atomic mass is 9.63. The standard InChI is InChI=1S/C27H37NO/c1-7-28-16-17-29-23-11-8-21(9-12-23)18-20(2)22-10-13-24-25(19-22)27(5,6)15-14-26(24,3)4/h8-13,18-19,28H,7,14-17H2,1-6H3. The molecule has 2 nitrogen and oxygen atoms in total. The molecule has 0 heterocycles. The molecule has 3 rings (SSSR count). The van der Waals surface area contributed by atoms with Gasteiger partial charge in [-0.1, -0.05) is 71.0 Å². The van der Waals surface area contributed by atoms with Crippen LogP contribution in [0.3, 0.4) is 0 Å². The highest BCUT2D eigenvalue weighted by molar-refractivity contribution is 5.80. The maximum Gasteiger partial charge on any atom is 0.119 e. The van der Waals surface area contributed by atoms with E-state index in [1.807, 2.05) is 0 Å². The highest BCUT2D eigenvalue weighted by Crippen LogP contribution is 2.46. The Labute approximate surface area is 177 Å². The van der Waals surface area contributed by atoms with Crippen LogP contribution in [0, 0.1) is 0 Å². The zero-order valence-corrected chi connectivity index (χ0v) is 19.1. The van der Waals surface area contributed by atoms with Crippen LogP contribution in [0.5, 0.6) is 5.75 Å². The molecule has 0 unspecified atom stereocenters. The highest BCUT2D eigenvalue weighted by Gasteiger charge is 2.36. The SMILES string of the molecule is CCNCCOc1ccc(C=C(C)c2ccc3c(c2)C(C)(C)CCC3(C)C)cc1. The third-order valence-electron chi connectivity index (χ3n) is 6.37. The smallest absolute Gasteiger partial charge is 0.119 e. The van der Waals surface area contributed by atoms with Crippen LogP contribution in [0.15, 0.2) is 42.5 Å². The molecule has 0 aromatic heterocycles. The van der Waals surface area contributed by atoms with Gasteiger partial charge in [-0.05, 0) is 77.1 Å². The monoisotopic (exact) mass is 391 g/mol. The molecule has 0 fully saturated rings. The minimum atomic E-state index is 0.243. The zero-order valence-electron chi connectivity index (χ0n) is 19.1. The van der Waals surface area contributed by atoms with Gasteiger partial charge in [0.25, 0.3) is 0 Å². The second-order valence-corrected chi connectivity index (χ2v) is 9.63. The molecule has 156 valence electrons. The van der Waals surface area contributed by atoms with E-state index in [0.717, 1.165) is 18.8 Å². The van der Waals surface area contributed by atoms with Gasteiger partial charge in [-0.2, -0.15) is 0 Å². The predicted molar refractivity (Wildman–Crippen MR) is 126 cm³/mol. The average molecular weight is 392 g/mol. The van der Waals surface area contributed by atoms with Crippen molar-refractivity contribution in [1.82, 2.24) is 5.32 Å². The van der Waals surface area contributed by atoms with E-state index in [4.69, 9.17) is 4.74 Å². The van der Waals surface area contributed by atoms with Gasteiger partial charge in [0, 0.05) is 6.54 Å². The first kappa shape index (κ1) is 21.6. The Balaban J connectivity index is 1.78. The first-order valence-corrected chi connectivity index (χ1v) is 11.0. The molecule has 1 aliphatic carbocycles. The number of nitrogens with one attached hydrogen (secondary N) is 1. The van der Waals surface area contributed by atoms with E-state index in [9.17, 15) is 0 Å². The van der Waals surface area contributed by atoms with Gasteiger partial charge in [0.1, 0.15) is 12.4 Å². The molecule has 2 aromatic rings. The summed E-state index contributed by atoms with van der Waals surface area (Å²) in [6, 6.07) is 15.5. The fourth-order valence-electron chi connectivity index (χ4n) is 4.25. The molecule has 0 saturated heterocycles. The third-order valence-corrected chi connectivity index (χ3v) is 6.37. The van der Waals surface area contributed by atoms with Crippen molar-refractivity contribution >= 4 is 11.6 Å². The van der Waals surface area contributed by atoms with E-state index in [2.05, 4.69) is 95.4 Å². The molecular formula is C27H37NO. The van der Waals surface area contributed by atoms with Crippen molar-refractivity contribution in [3.05, 3.63) is 64.7 Å². The summed E-state index contributed by atoms with van der Waals surface area (Å²) < 4.78 is 5.77. The lowest BCUT2D eigenvalue weighted by molar-refractivity contribution is 0.315. The summed E-state index contributed by atoms with van der Waals surface area (Å²) in [4.78, 5) is 0. The summed E-state index contributed by atoms with van der Waals surface area (Å²) in [7, 11) is 0. The number of ether oxygens (including phenoxy) is 1. The number of likely N-dealkylation sites (N-methyl/N-ethyl adjacent to an activating group) is 1. The summed E-state index contributed by atoms with van der Waals surface area (Å²) in [6.07, 6.45) is 4.77. The Kier molecular flexibility index (Phi) is 6.53. The van der Waals surface area contributed by atoms with E-state index in [1.165, 1.54) is 40.7 Å². The van der Waals surface area contributed by atoms with Crippen LogP contribution >= 0.6 is 0 Å². The minimum Gasteiger partial charge on any atom is -0.492 e. The summed E-state index contributed by atoms with van der Waals surface area (Å²) in [6.45, 7) is 16.4. The molecule has 0 bridgehead atoms. The second-order valence-electron chi connectivity index (χ2n) is 9.63. The second kappa shape index (κ2) is 8.75. The molecule has 1 aliphatic rings. The van der Waals surface area contributed by atoms with Gasteiger partial charge >= 0.3 is 0 Å². The molecule has 0 atom stereocenters. The van der Waals surface area contributed by atoms with Gasteiger partial charge in [-0.25, -0.2) is 0 Å². The number of rotatable bonds is 7. The van der Waals surface area contributed by atoms with Crippen LogP contribution in [0.4, 0.5) is 0 Å². The molecule has 0 aliphatic heterocycles. The topological polar surface area (TPSA) is 21.3 Å². The van der Waals surface area contributed by atoms with Crippen LogP contribution < -0.4 is 10.1 Å². The minimum absolute atomic E-state index is 0.243. The van der Waals surface area contributed by atoms with Crippen LogP contribution in [-0.4, -0.2) is 19.7 Å². The lowest BCUT2D eigenvalue weighted by Crippen LogP contribution is -2.33. The molecule has 0 spiro atoms. The highest BCUT2D eigenvalue weighted by atomic mass is 16.5. The van der Waals surface area contributed by atoms with Crippen molar-refractivity contribution in [2.45, 2.75) is 65.2 Å². The number of hydrogen-bond donors (Lipinski definition) is 1. The quantitative estimate of drug-likeness (QED) is 0.425. The Hall–Kier alpha value is -2.06. The van der Waals surface area contributed by atoms with Crippen LogP contribution in [0.1, 0.15) is 76.6 Å². The number of hydrogen-bond acceptors (Lipinski definition) is 2. The summed E-state index contributed by atoms with van der Waals surface area (Å²) in [5.74, 6) is 0.926. The predicted octanol–water partition coefficient (Wildman–Crippen LogP) is 6.58. The number of fused-ring (bicyclic) bond motifs is 1. The molecule has 0 amide bonds. The van der Waals surface area contributed by atoms with Crippen LogP contribution in [-0.2, 0) is 10.8 Å². The molecule has 1 N–H and O–H groups in total. The molecule has 0 saturated carbocycles. The first-order chi connectivity index (χ1) is 13.7. The average Bonchev–Trinajstić information content (AvgIpc) is 2.70. The van der Waals surface area contributed by atoms with Gasteiger partial charge in [-0.15, -0.1) is 0 Å². The van der Waals surface area contributed by atoms with Gasteiger partial charge < -0.3 is 10.1 Å². The van der Waals surface area contributed by atoms with E-state index in [-0.39, 0.29) is 10.8 Å². The van der Waals surface area contributed by atoms with Crippen LogP contribution in [0.25, 0.3) is 11.6 Å². The van der Waals surface area contributed by atoms with Crippen molar-refractivity contribution in [2.24, 2.45) is 0 Å². The molecule has 2 heteroatoms. The Bertz CT molecular complexity index is 859. The largest absolute Gasteiger partial charge is 0.492 e. The third kappa shape index (κ3) is 5.11.